The predicted molar refractivity (Wildman–Crippen MR) is 102 cm³/mol. The van der Waals surface area contributed by atoms with Crippen molar-refractivity contribution in [2.45, 2.75) is 27.2 Å². The number of benzene rings is 2. The summed E-state index contributed by atoms with van der Waals surface area (Å²) >= 11 is 0. The average Bonchev–Trinajstić information content (AvgIpc) is 3.12. The summed E-state index contributed by atoms with van der Waals surface area (Å²) in [4.78, 5) is 12.3. The molecule has 0 aromatic heterocycles. The third kappa shape index (κ3) is 2.92. The lowest BCUT2D eigenvalue weighted by Gasteiger charge is -2.21. The maximum absolute atomic E-state index is 12.3. The average molecular weight is 335 g/mol. The first-order valence-corrected chi connectivity index (χ1v) is 9.06. The highest BCUT2D eigenvalue weighted by atomic mass is 16.5. The van der Waals surface area contributed by atoms with Crippen LogP contribution in [0.1, 0.15) is 27.2 Å². The molecule has 0 bridgehead atoms. The number of hydrogen-bond donors (Lipinski definition) is 1. The molecule has 0 heterocycles. The van der Waals surface area contributed by atoms with Crippen LogP contribution >= 0.6 is 0 Å². The second-order valence-corrected chi connectivity index (χ2v) is 8.05. The molecule has 2 aliphatic carbocycles. The molecule has 2 aromatic rings. The first-order valence-electron chi connectivity index (χ1n) is 9.06. The Bertz CT molecular complexity index is 847. The van der Waals surface area contributed by atoms with Gasteiger partial charge in [0.15, 0.2) is 0 Å². The molecule has 3 heteroatoms. The Morgan fingerprint density at radius 1 is 1.20 bits per heavy atom. The van der Waals surface area contributed by atoms with Crippen molar-refractivity contribution in [3.8, 4) is 0 Å². The molecule has 1 N–H and O–H groups in total. The van der Waals surface area contributed by atoms with Crippen LogP contribution < -0.4 is 5.32 Å². The number of anilines is 1. The molecular weight excluding hydrogens is 310 g/mol. The van der Waals surface area contributed by atoms with Gasteiger partial charge in [-0.15, -0.1) is 0 Å². The van der Waals surface area contributed by atoms with E-state index in [-0.39, 0.29) is 6.09 Å². The quantitative estimate of drug-likeness (QED) is 0.739. The van der Waals surface area contributed by atoms with Crippen molar-refractivity contribution in [2.75, 3.05) is 11.9 Å². The van der Waals surface area contributed by atoms with Gasteiger partial charge in [-0.1, -0.05) is 61.9 Å². The van der Waals surface area contributed by atoms with Crippen molar-refractivity contribution in [1.29, 1.82) is 0 Å². The van der Waals surface area contributed by atoms with Gasteiger partial charge in [-0.25, -0.2) is 4.79 Å². The zero-order chi connectivity index (χ0) is 17.6. The van der Waals surface area contributed by atoms with E-state index in [9.17, 15) is 4.79 Å². The van der Waals surface area contributed by atoms with Crippen LogP contribution in [0.15, 0.2) is 54.1 Å². The predicted octanol–water partition coefficient (Wildman–Crippen LogP) is 5.63. The highest BCUT2D eigenvalue weighted by Crippen LogP contribution is 2.64. The minimum Gasteiger partial charge on any atom is -0.449 e. The van der Waals surface area contributed by atoms with E-state index in [0.29, 0.717) is 23.9 Å². The molecule has 3 nitrogen and oxygen atoms in total. The molecule has 1 amide bonds. The van der Waals surface area contributed by atoms with Gasteiger partial charge in [0.1, 0.15) is 0 Å². The Morgan fingerprint density at radius 3 is 2.80 bits per heavy atom. The SMILES string of the molecule is CC1=CC2C(CC1COC(=O)Nc1cccc3ccccc13)C2(C)C. The van der Waals surface area contributed by atoms with E-state index < -0.39 is 0 Å². The minimum atomic E-state index is -0.374. The molecular formula is C22H25NO2. The Hall–Kier alpha value is -2.29. The van der Waals surface area contributed by atoms with Gasteiger partial charge in [-0.3, -0.25) is 5.32 Å². The van der Waals surface area contributed by atoms with Gasteiger partial charge in [0.2, 0.25) is 0 Å². The number of amides is 1. The second-order valence-electron chi connectivity index (χ2n) is 8.05. The van der Waals surface area contributed by atoms with Crippen molar-refractivity contribution in [2.24, 2.45) is 23.2 Å². The van der Waals surface area contributed by atoms with Crippen LogP contribution in [0.5, 0.6) is 0 Å². The summed E-state index contributed by atoms with van der Waals surface area (Å²) in [5.41, 5.74) is 2.58. The second kappa shape index (κ2) is 5.91. The number of allylic oxidation sites excluding steroid dienone is 1. The van der Waals surface area contributed by atoms with E-state index >= 15 is 0 Å². The summed E-state index contributed by atoms with van der Waals surface area (Å²) in [7, 11) is 0. The summed E-state index contributed by atoms with van der Waals surface area (Å²) in [5, 5.41) is 5.03. The molecule has 3 atom stereocenters. The molecule has 2 aromatic carbocycles. The standard InChI is InChI=1S/C22H25NO2/c1-14-11-18-19(22(18,2)3)12-16(14)13-25-21(24)23-20-10-6-8-15-7-4-5-9-17(15)20/h4-11,16,18-19H,12-13H2,1-3H3,(H,23,24). The number of carbonyl (C=O) groups excluding carboxylic acids is 1. The Labute approximate surface area is 149 Å². The van der Waals surface area contributed by atoms with Gasteiger partial charge in [0, 0.05) is 11.3 Å². The Kier molecular flexibility index (Phi) is 3.82. The molecule has 130 valence electrons. The van der Waals surface area contributed by atoms with Crippen molar-refractivity contribution < 1.29 is 9.53 Å². The molecule has 1 saturated carbocycles. The topological polar surface area (TPSA) is 38.3 Å². The molecule has 1 fully saturated rings. The van der Waals surface area contributed by atoms with Gasteiger partial charge in [0.25, 0.3) is 0 Å². The zero-order valence-corrected chi connectivity index (χ0v) is 15.1. The molecule has 0 aliphatic heterocycles. The number of hydrogen-bond acceptors (Lipinski definition) is 2. The van der Waals surface area contributed by atoms with Crippen LogP contribution in [-0.2, 0) is 4.74 Å². The van der Waals surface area contributed by atoms with E-state index in [2.05, 4.69) is 32.2 Å². The highest BCUT2D eigenvalue weighted by molar-refractivity contribution is 6.00. The highest BCUT2D eigenvalue weighted by Gasteiger charge is 2.58. The molecule has 25 heavy (non-hydrogen) atoms. The lowest BCUT2D eigenvalue weighted by molar-refractivity contribution is 0.142. The van der Waals surface area contributed by atoms with E-state index in [1.807, 2.05) is 42.5 Å². The summed E-state index contributed by atoms with van der Waals surface area (Å²) < 4.78 is 5.55. The van der Waals surface area contributed by atoms with Crippen LogP contribution in [0, 0.1) is 23.2 Å². The van der Waals surface area contributed by atoms with E-state index in [1.165, 1.54) is 5.57 Å². The minimum absolute atomic E-state index is 0.348. The lowest BCUT2D eigenvalue weighted by atomic mass is 9.89. The van der Waals surface area contributed by atoms with Crippen LogP contribution in [0.25, 0.3) is 10.8 Å². The van der Waals surface area contributed by atoms with Crippen molar-refractivity contribution in [3.63, 3.8) is 0 Å². The lowest BCUT2D eigenvalue weighted by Crippen LogP contribution is -2.21. The zero-order valence-electron chi connectivity index (χ0n) is 15.1. The van der Waals surface area contributed by atoms with Crippen molar-refractivity contribution in [1.82, 2.24) is 0 Å². The first-order chi connectivity index (χ1) is 12.0. The third-order valence-corrected chi connectivity index (χ3v) is 6.21. The van der Waals surface area contributed by atoms with Crippen LogP contribution in [0.3, 0.4) is 0 Å². The van der Waals surface area contributed by atoms with Gasteiger partial charge >= 0.3 is 6.09 Å². The number of ether oxygens (including phenoxy) is 1. The van der Waals surface area contributed by atoms with Gasteiger partial charge in [-0.05, 0) is 42.0 Å². The maximum Gasteiger partial charge on any atom is 0.411 e. The Morgan fingerprint density at radius 2 is 1.96 bits per heavy atom. The van der Waals surface area contributed by atoms with Crippen LogP contribution in [-0.4, -0.2) is 12.7 Å². The summed E-state index contributed by atoms with van der Waals surface area (Å²) in [6.07, 6.45) is 3.15. The van der Waals surface area contributed by atoms with Crippen LogP contribution in [0.4, 0.5) is 10.5 Å². The summed E-state index contributed by atoms with van der Waals surface area (Å²) in [6, 6.07) is 13.9. The van der Waals surface area contributed by atoms with Crippen molar-refractivity contribution in [3.05, 3.63) is 54.1 Å². The smallest absolute Gasteiger partial charge is 0.411 e. The Balaban J connectivity index is 1.38. The van der Waals surface area contributed by atoms with Crippen LogP contribution in [0.2, 0.25) is 0 Å². The molecule has 0 radical (unpaired) electrons. The number of fused-ring (bicyclic) bond motifs is 2. The van der Waals surface area contributed by atoms with Gasteiger partial charge < -0.3 is 4.74 Å². The molecule has 4 rings (SSSR count). The number of rotatable bonds is 3. The largest absolute Gasteiger partial charge is 0.449 e. The van der Waals surface area contributed by atoms with Gasteiger partial charge in [0.05, 0.1) is 12.3 Å². The summed E-state index contributed by atoms with van der Waals surface area (Å²) in [6.45, 7) is 7.30. The molecule has 0 saturated heterocycles. The fourth-order valence-electron chi connectivity index (χ4n) is 4.34. The van der Waals surface area contributed by atoms with Crippen molar-refractivity contribution >= 4 is 22.6 Å². The fraction of sp³-hybridized carbons (Fsp3) is 0.409. The monoisotopic (exact) mass is 335 g/mol. The maximum atomic E-state index is 12.3. The first kappa shape index (κ1) is 16.2. The number of nitrogens with one attached hydrogen (secondary N) is 1. The van der Waals surface area contributed by atoms with E-state index in [4.69, 9.17) is 4.74 Å². The summed E-state index contributed by atoms with van der Waals surface area (Å²) in [5.74, 6) is 1.81. The fourth-order valence-corrected chi connectivity index (χ4v) is 4.34. The van der Waals surface area contributed by atoms with E-state index in [1.54, 1.807) is 0 Å². The number of carbonyl (C=O) groups is 1. The molecule has 0 spiro atoms. The third-order valence-electron chi connectivity index (χ3n) is 6.21. The molecule has 3 unspecified atom stereocenters. The van der Waals surface area contributed by atoms with Gasteiger partial charge in [-0.2, -0.15) is 0 Å². The molecule has 2 aliphatic rings. The van der Waals surface area contributed by atoms with E-state index in [0.717, 1.165) is 28.8 Å². The normalized spacial score (nSPS) is 26.5.